The molecule has 0 spiro atoms. The van der Waals surface area contributed by atoms with E-state index in [-0.39, 0.29) is 24.2 Å². The minimum absolute atomic E-state index is 0.0393. The van der Waals surface area contributed by atoms with Crippen molar-refractivity contribution in [3.63, 3.8) is 0 Å². The van der Waals surface area contributed by atoms with Crippen molar-refractivity contribution >= 4 is 17.5 Å². The first-order chi connectivity index (χ1) is 19.5. The zero-order valence-corrected chi connectivity index (χ0v) is 23.9. The SMILES string of the molecule is C=CCn1c(COc2ccc(CC)cc2)nnc1SCC(=O)c1cc(C)n(CC2COc3ccccc3O2)c1C. The summed E-state index contributed by atoms with van der Waals surface area (Å²) in [6.45, 7) is 11.8. The molecule has 9 heteroatoms. The Kier molecular flexibility index (Phi) is 8.60. The Bertz CT molecular complexity index is 1490. The minimum Gasteiger partial charge on any atom is -0.486 e. The first kappa shape index (κ1) is 27.6. The Morgan fingerprint density at radius 3 is 2.65 bits per heavy atom. The second kappa shape index (κ2) is 12.5. The number of aromatic nitrogens is 4. The molecule has 1 aliphatic heterocycles. The number of para-hydroxylation sites is 2. The first-order valence-corrected chi connectivity index (χ1v) is 14.4. The van der Waals surface area contributed by atoms with Gasteiger partial charge in [-0.25, -0.2) is 0 Å². The first-order valence-electron chi connectivity index (χ1n) is 13.4. The molecule has 4 aromatic rings. The maximum atomic E-state index is 13.3. The molecule has 208 valence electrons. The molecular formula is C31H34N4O4S. The third kappa shape index (κ3) is 6.09. The smallest absolute Gasteiger partial charge is 0.192 e. The second-order valence-corrected chi connectivity index (χ2v) is 10.6. The van der Waals surface area contributed by atoms with Gasteiger partial charge in [-0.2, -0.15) is 0 Å². The standard InChI is InChI=1S/C31H34N4O4S/c1-5-15-34-30(19-37-24-13-11-23(6-2)12-14-24)32-33-31(34)40-20-27(36)26-16-21(3)35(22(26)4)17-25-18-38-28-9-7-8-10-29(28)39-25/h5,7-14,16,25H,1,6,15,17-20H2,2-4H3. The van der Waals surface area contributed by atoms with E-state index in [0.29, 0.717) is 36.2 Å². The number of thioether (sulfide) groups is 1. The van der Waals surface area contributed by atoms with Crippen LogP contribution in [0, 0.1) is 13.8 Å². The number of fused-ring (bicyclic) bond motifs is 1. The van der Waals surface area contributed by atoms with Crippen LogP contribution in [0.2, 0.25) is 0 Å². The monoisotopic (exact) mass is 558 g/mol. The molecule has 1 unspecified atom stereocenters. The van der Waals surface area contributed by atoms with Crippen LogP contribution in [-0.4, -0.2) is 43.6 Å². The molecule has 1 aliphatic rings. The van der Waals surface area contributed by atoms with Gasteiger partial charge in [-0.15, -0.1) is 16.8 Å². The fourth-order valence-corrected chi connectivity index (χ4v) is 5.59. The minimum atomic E-state index is -0.139. The fraction of sp³-hybridized carbons (Fsp3) is 0.323. The average molecular weight is 559 g/mol. The largest absolute Gasteiger partial charge is 0.486 e. The Labute approximate surface area is 239 Å². The van der Waals surface area contributed by atoms with Crippen molar-refractivity contribution in [2.45, 2.75) is 58.1 Å². The molecule has 0 amide bonds. The molecule has 0 saturated heterocycles. The van der Waals surface area contributed by atoms with Gasteiger partial charge in [0.1, 0.15) is 19.0 Å². The van der Waals surface area contributed by atoms with Gasteiger partial charge in [-0.3, -0.25) is 9.36 Å². The molecule has 0 aliphatic carbocycles. The highest BCUT2D eigenvalue weighted by atomic mass is 32.2. The van der Waals surface area contributed by atoms with Gasteiger partial charge in [-0.1, -0.05) is 49.0 Å². The summed E-state index contributed by atoms with van der Waals surface area (Å²) in [6.07, 6.45) is 2.63. The summed E-state index contributed by atoms with van der Waals surface area (Å²) in [5, 5.41) is 9.33. The Morgan fingerprint density at radius 2 is 1.90 bits per heavy atom. The van der Waals surface area contributed by atoms with E-state index in [1.54, 1.807) is 6.08 Å². The van der Waals surface area contributed by atoms with Crippen LogP contribution in [0.25, 0.3) is 0 Å². The number of allylic oxidation sites excluding steroid dienone is 1. The van der Waals surface area contributed by atoms with Crippen molar-refractivity contribution in [3.8, 4) is 17.2 Å². The molecule has 2 aromatic heterocycles. The second-order valence-electron chi connectivity index (χ2n) is 9.69. The number of Topliss-reactive ketones (excluding diaryl/α,β-unsaturated/α-hetero) is 1. The number of rotatable bonds is 12. The van der Waals surface area contributed by atoms with E-state index in [1.807, 2.05) is 60.9 Å². The topological polar surface area (TPSA) is 80.4 Å². The van der Waals surface area contributed by atoms with Gasteiger partial charge in [0.25, 0.3) is 0 Å². The number of aryl methyl sites for hydroxylation is 2. The predicted octanol–water partition coefficient (Wildman–Crippen LogP) is 5.84. The molecule has 0 saturated carbocycles. The van der Waals surface area contributed by atoms with Gasteiger partial charge < -0.3 is 18.8 Å². The summed E-state index contributed by atoms with van der Waals surface area (Å²) in [7, 11) is 0. The van der Waals surface area contributed by atoms with Crippen LogP contribution in [0.4, 0.5) is 0 Å². The van der Waals surface area contributed by atoms with Gasteiger partial charge in [0, 0.05) is 23.5 Å². The lowest BCUT2D eigenvalue weighted by atomic mass is 10.2. The molecule has 0 N–H and O–H groups in total. The fourth-order valence-electron chi connectivity index (χ4n) is 4.74. The highest BCUT2D eigenvalue weighted by Gasteiger charge is 2.24. The van der Waals surface area contributed by atoms with E-state index in [2.05, 4.69) is 40.4 Å². The zero-order valence-electron chi connectivity index (χ0n) is 23.1. The summed E-state index contributed by atoms with van der Waals surface area (Å²) in [4.78, 5) is 13.3. The van der Waals surface area contributed by atoms with Crippen LogP contribution < -0.4 is 14.2 Å². The van der Waals surface area contributed by atoms with Crippen molar-refractivity contribution in [2.75, 3.05) is 12.4 Å². The molecule has 1 atom stereocenters. The summed E-state index contributed by atoms with van der Waals surface area (Å²) < 4.78 is 22.0. The lowest BCUT2D eigenvalue weighted by Crippen LogP contribution is -2.33. The number of nitrogens with zero attached hydrogens (tertiary/aromatic N) is 4. The molecule has 2 aromatic carbocycles. The van der Waals surface area contributed by atoms with E-state index in [0.717, 1.165) is 35.1 Å². The quantitative estimate of drug-likeness (QED) is 0.123. The van der Waals surface area contributed by atoms with Crippen LogP contribution in [0.1, 0.15) is 40.1 Å². The van der Waals surface area contributed by atoms with Crippen molar-refractivity contribution in [1.29, 1.82) is 0 Å². The molecular weight excluding hydrogens is 524 g/mol. The van der Waals surface area contributed by atoms with Crippen LogP contribution in [-0.2, 0) is 26.1 Å². The highest BCUT2D eigenvalue weighted by molar-refractivity contribution is 7.99. The van der Waals surface area contributed by atoms with Crippen molar-refractivity contribution in [2.24, 2.45) is 0 Å². The normalized spacial score (nSPS) is 14.2. The number of ether oxygens (including phenoxy) is 3. The van der Waals surface area contributed by atoms with Crippen LogP contribution in [0.3, 0.4) is 0 Å². The maximum absolute atomic E-state index is 13.3. The Morgan fingerprint density at radius 1 is 1.12 bits per heavy atom. The Balaban J connectivity index is 1.22. The van der Waals surface area contributed by atoms with Gasteiger partial charge in [0.2, 0.25) is 0 Å². The third-order valence-electron chi connectivity index (χ3n) is 6.96. The summed E-state index contributed by atoms with van der Waals surface area (Å²) in [6, 6.07) is 17.7. The molecule has 8 nitrogen and oxygen atoms in total. The van der Waals surface area contributed by atoms with Crippen LogP contribution in [0.15, 0.2) is 72.4 Å². The average Bonchev–Trinajstić information content (AvgIpc) is 3.50. The van der Waals surface area contributed by atoms with E-state index < -0.39 is 0 Å². The highest BCUT2D eigenvalue weighted by Crippen LogP contribution is 2.32. The molecule has 40 heavy (non-hydrogen) atoms. The van der Waals surface area contributed by atoms with Gasteiger partial charge >= 0.3 is 0 Å². The Hall–Kier alpha value is -3.98. The van der Waals surface area contributed by atoms with Gasteiger partial charge in [-0.05, 0) is 56.2 Å². The number of benzene rings is 2. The third-order valence-corrected chi connectivity index (χ3v) is 7.93. The van der Waals surface area contributed by atoms with E-state index in [9.17, 15) is 4.79 Å². The molecule has 5 rings (SSSR count). The predicted molar refractivity (Wildman–Crippen MR) is 156 cm³/mol. The summed E-state index contributed by atoms with van der Waals surface area (Å²) in [5.74, 6) is 3.25. The van der Waals surface area contributed by atoms with Crippen molar-refractivity contribution in [3.05, 3.63) is 95.6 Å². The van der Waals surface area contributed by atoms with E-state index >= 15 is 0 Å². The lowest BCUT2D eigenvalue weighted by Gasteiger charge is -2.27. The van der Waals surface area contributed by atoms with Gasteiger partial charge in [0.05, 0.1) is 12.3 Å². The van der Waals surface area contributed by atoms with Crippen molar-refractivity contribution < 1.29 is 19.0 Å². The zero-order chi connectivity index (χ0) is 28.1. The van der Waals surface area contributed by atoms with E-state index in [1.165, 1.54) is 17.3 Å². The van der Waals surface area contributed by atoms with Gasteiger partial charge in [0.15, 0.2) is 34.4 Å². The molecule has 0 bridgehead atoms. The van der Waals surface area contributed by atoms with Crippen LogP contribution in [0.5, 0.6) is 17.2 Å². The number of carbonyl (C=O) groups is 1. The van der Waals surface area contributed by atoms with Crippen LogP contribution >= 0.6 is 11.8 Å². The van der Waals surface area contributed by atoms with E-state index in [4.69, 9.17) is 14.2 Å². The molecule has 0 fully saturated rings. The summed E-state index contributed by atoms with van der Waals surface area (Å²) in [5.41, 5.74) is 3.89. The number of ketones is 1. The summed E-state index contributed by atoms with van der Waals surface area (Å²) >= 11 is 1.37. The molecule has 3 heterocycles. The molecule has 0 radical (unpaired) electrons. The number of carbonyl (C=O) groups excluding carboxylic acids is 1. The maximum Gasteiger partial charge on any atom is 0.192 e. The van der Waals surface area contributed by atoms with Crippen molar-refractivity contribution in [1.82, 2.24) is 19.3 Å². The lowest BCUT2D eigenvalue weighted by molar-refractivity contribution is 0.0777. The number of hydrogen-bond acceptors (Lipinski definition) is 7. The number of hydrogen-bond donors (Lipinski definition) is 0.